The molecule has 0 unspecified atom stereocenters. The van der Waals surface area contributed by atoms with Crippen LogP contribution >= 0.6 is 0 Å². The van der Waals surface area contributed by atoms with E-state index in [1.54, 1.807) is 0 Å². The van der Waals surface area contributed by atoms with Crippen LogP contribution in [0.2, 0.25) is 0 Å². The number of fused-ring (bicyclic) bond motifs is 3. The summed E-state index contributed by atoms with van der Waals surface area (Å²) in [5.41, 5.74) is 4.66. The van der Waals surface area contributed by atoms with Crippen LogP contribution in [-0.2, 0) is 14.3 Å². The Balaban J connectivity index is 1.30. The number of carboxylic acid groups (broad SMARTS) is 1. The molecular formula is C27H32N2O5. The third-order valence-electron chi connectivity index (χ3n) is 7.04. The quantitative estimate of drug-likeness (QED) is 0.513. The Bertz CT molecular complexity index is 1010. The average Bonchev–Trinajstić information content (AvgIpc) is 3.44. The number of nitrogens with one attached hydrogen (secondary N) is 2. The molecule has 4 rings (SSSR count). The molecule has 0 saturated heterocycles. The lowest BCUT2D eigenvalue weighted by atomic mass is 9.94. The van der Waals surface area contributed by atoms with E-state index < -0.39 is 18.1 Å². The van der Waals surface area contributed by atoms with Gasteiger partial charge in [-0.15, -0.1) is 0 Å². The predicted octanol–water partition coefficient (Wildman–Crippen LogP) is 4.31. The summed E-state index contributed by atoms with van der Waals surface area (Å²) in [6.07, 6.45) is 2.96. The summed E-state index contributed by atoms with van der Waals surface area (Å²) in [5, 5.41) is 14.8. The van der Waals surface area contributed by atoms with Crippen molar-refractivity contribution in [3.8, 4) is 11.1 Å². The molecule has 2 aliphatic rings. The Kier molecular flexibility index (Phi) is 7.50. The van der Waals surface area contributed by atoms with E-state index in [4.69, 9.17) is 4.74 Å². The van der Waals surface area contributed by atoms with Crippen LogP contribution in [0.4, 0.5) is 4.79 Å². The topological polar surface area (TPSA) is 105 Å². The maximum absolute atomic E-state index is 12.7. The number of hydrogen-bond acceptors (Lipinski definition) is 4. The van der Waals surface area contributed by atoms with E-state index in [-0.39, 0.29) is 30.3 Å². The number of carbonyl (C=O) groups is 3. The fraction of sp³-hybridized carbons (Fsp3) is 0.444. The molecule has 2 aromatic rings. The van der Waals surface area contributed by atoms with Gasteiger partial charge < -0.3 is 20.5 Å². The van der Waals surface area contributed by atoms with Crippen molar-refractivity contribution in [2.45, 2.75) is 51.0 Å². The van der Waals surface area contributed by atoms with Gasteiger partial charge >= 0.3 is 12.1 Å². The molecule has 7 nitrogen and oxygen atoms in total. The Labute approximate surface area is 199 Å². The number of alkyl carbamates (subject to hydrolysis) is 1. The molecule has 34 heavy (non-hydrogen) atoms. The van der Waals surface area contributed by atoms with Crippen molar-refractivity contribution in [3.63, 3.8) is 0 Å². The first kappa shape index (κ1) is 23.8. The minimum Gasteiger partial charge on any atom is -0.480 e. The van der Waals surface area contributed by atoms with Crippen molar-refractivity contribution in [1.82, 2.24) is 10.6 Å². The molecule has 2 aromatic carbocycles. The van der Waals surface area contributed by atoms with E-state index in [9.17, 15) is 19.5 Å². The van der Waals surface area contributed by atoms with E-state index in [1.165, 1.54) is 11.1 Å². The highest BCUT2D eigenvalue weighted by atomic mass is 16.5. The maximum Gasteiger partial charge on any atom is 0.407 e. The predicted molar refractivity (Wildman–Crippen MR) is 128 cm³/mol. The van der Waals surface area contributed by atoms with Crippen LogP contribution in [0.5, 0.6) is 0 Å². The zero-order valence-electron chi connectivity index (χ0n) is 19.5. The van der Waals surface area contributed by atoms with Crippen LogP contribution in [0.15, 0.2) is 48.5 Å². The first-order valence-corrected chi connectivity index (χ1v) is 12.1. The van der Waals surface area contributed by atoms with Crippen LogP contribution in [0, 0.1) is 11.8 Å². The molecule has 3 atom stereocenters. The van der Waals surface area contributed by atoms with Gasteiger partial charge in [-0.1, -0.05) is 68.3 Å². The molecule has 2 amide bonds. The Morgan fingerprint density at radius 1 is 1.03 bits per heavy atom. The summed E-state index contributed by atoms with van der Waals surface area (Å²) in [4.78, 5) is 36.6. The van der Waals surface area contributed by atoms with Gasteiger partial charge in [0.1, 0.15) is 12.6 Å². The number of hydrogen-bond donors (Lipinski definition) is 3. The second kappa shape index (κ2) is 10.7. The average molecular weight is 465 g/mol. The Hall–Kier alpha value is -3.35. The van der Waals surface area contributed by atoms with Gasteiger partial charge in [-0.05, 0) is 47.4 Å². The first-order valence-electron chi connectivity index (χ1n) is 12.1. The molecule has 7 heteroatoms. The fourth-order valence-corrected chi connectivity index (χ4v) is 5.32. The summed E-state index contributed by atoms with van der Waals surface area (Å²) in [6.45, 7) is 2.46. The second-order valence-corrected chi connectivity index (χ2v) is 9.19. The number of carbonyl (C=O) groups excluding carboxylic acids is 2. The van der Waals surface area contributed by atoms with Gasteiger partial charge in [-0.25, -0.2) is 9.59 Å². The molecule has 0 heterocycles. The molecular weight excluding hydrogens is 432 g/mol. The van der Waals surface area contributed by atoms with E-state index >= 15 is 0 Å². The van der Waals surface area contributed by atoms with E-state index in [2.05, 4.69) is 34.9 Å². The van der Waals surface area contributed by atoms with Gasteiger partial charge in [0.15, 0.2) is 0 Å². The molecule has 0 aromatic heterocycles. The first-order chi connectivity index (χ1) is 16.5. The summed E-state index contributed by atoms with van der Waals surface area (Å²) in [6, 6.07) is 15.5. The summed E-state index contributed by atoms with van der Waals surface area (Å²) >= 11 is 0. The maximum atomic E-state index is 12.7. The van der Waals surface area contributed by atoms with Gasteiger partial charge in [0.25, 0.3) is 0 Å². The summed E-state index contributed by atoms with van der Waals surface area (Å²) in [7, 11) is 0. The molecule has 0 bridgehead atoms. The highest BCUT2D eigenvalue weighted by Crippen LogP contribution is 2.44. The van der Waals surface area contributed by atoms with Crippen LogP contribution < -0.4 is 10.6 Å². The van der Waals surface area contributed by atoms with Crippen molar-refractivity contribution >= 4 is 18.0 Å². The SMILES string of the molecule is CCC[C@@H](NC(=O)[C@@H]1CCC[C@@H]1CNC(=O)OCC1c2ccccc2-c2ccccc21)C(=O)O. The smallest absolute Gasteiger partial charge is 0.407 e. The molecule has 2 aliphatic carbocycles. The monoisotopic (exact) mass is 464 g/mol. The minimum atomic E-state index is -1.01. The fourth-order valence-electron chi connectivity index (χ4n) is 5.32. The van der Waals surface area contributed by atoms with Gasteiger partial charge in [-0.3, -0.25) is 4.79 Å². The summed E-state index contributed by atoms with van der Waals surface area (Å²) in [5.74, 6) is -1.59. The zero-order valence-corrected chi connectivity index (χ0v) is 19.5. The minimum absolute atomic E-state index is 0.00493. The van der Waals surface area contributed by atoms with Crippen LogP contribution in [0.25, 0.3) is 11.1 Å². The lowest BCUT2D eigenvalue weighted by molar-refractivity contribution is -0.142. The molecule has 0 spiro atoms. The van der Waals surface area contributed by atoms with Crippen molar-refractivity contribution in [2.24, 2.45) is 11.8 Å². The van der Waals surface area contributed by atoms with Crippen LogP contribution in [-0.4, -0.2) is 42.3 Å². The normalized spacial score (nSPS) is 19.7. The molecule has 1 saturated carbocycles. The lowest BCUT2D eigenvalue weighted by Crippen LogP contribution is -2.45. The molecule has 180 valence electrons. The van der Waals surface area contributed by atoms with E-state index in [0.717, 1.165) is 24.0 Å². The molecule has 0 radical (unpaired) electrons. The number of rotatable bonds is 9. The van der Waals surface area contributed by atoms with E-state index in [1.807, 2.05) is 31.2 Å². The standard InChI is InChI=1S/C27H32N2O5/c1-2-8-24(26(31)32)29-25(30)18-14-7-9-17(18)15-28-27(33)34-16-23-21-12-5-3-10-19(21)20-11-4-6-13-22(20)23/h3-6,10-13,17-18,23-24H,2,7-9,14-16H2,1H3,(H,28,33)(H,29,30)(H,31,32)/t17-,18-,24-/m1/s1. The number of aliphatic carboxylic acids is 1. The van der Waals surface area contributed by atoms with Crippen molar-refractivity contribution in [1.29, 1.82) is 0 Å². The number of amides is 2. The van der Waals surface area contributed by atoms with E-state index in [0.29, 0.717) is 25.8 Å². The Morgan fingerprint density at radius 3 is 2.29 bits per heavy atom. The Morgan fingerprint density at radius 2 is 1.68 bits per heavy atom. The molecule has 1 fully saturated rings. The summed E-state index contributed by atoms with van der Waals surface area (Å²) < 4.78 is 5.59. The van der Waals surface area contributed by atoms with Gasteiger partial charge in [0.2, 0.25) is 5.91 Å². The van der Waals surface area contributed by atoms with Crippen LogP contribution in [0.1, 0.15) is 56.1 Å². The van der Waals surface area contributed by atoms with Crippen molar-refractivity contribution in [2.75, 3.05) is 13.2 Å². The van der Waals surface area contributed by atoms with Gasteiger partial charge in [0.05, 0.1) is 0 Å². The second-order valence-electron chi connectivity index (χ2n) is 9.19. The van der Waals surface area contributed by atoms with Gasteiger partial charge in [-0.2, -0.15) is 0 Å². The molecule has 3 N–H and O–H groups in total. The molecule has 0 aliphatic heterocycles. The highest BCUT2D eigenvalue weighted by molar-refractivity contribution is 5.85. The van der Waals surface area contributed by atoms with Crippen molar-refractivity contribution in [3.05, 3.63) is 59.7 Å². The number of benzene rings is 2. The zero-order chi connectivity index (χ0) is 24.1. The largest absolute Gasteiger partial charge is 0.480 e. The number of carboxylic acids is 1. The third kappa shape index (κ3) is 5.08. The number of ether oxygens (including phenoxy) is 1. The highest BCUT2D eigenvalue weighted by Gasteiger charge is 2.35. The lowest BCUT2D eigenvalue weighted by Gasteiger charge is -2.22. The van der Waals surface area contributed by atoms with Gasteiger partial charge in [0, 0.05) is 18.4 Å². The third-order valence-corrected chi connectivity index (χ3v) is 7.04. The van der Waals surface area contributed by atoms with Crippen molar-refractivity contribution < 1.29 is 24.2 Å². The van der Waals surface area contributed by atoms with Crippen LogP contribution in [0.3, 0.4) is 0 Å².